The van der Waals surface area contributed by atoms with Gasteiger partial charge in [0, 0.05) is 25.2 Å². The third kappa shape index (κ3) is 2.31. The summed E-state index contributed by atoms with van der Waals surface area (Å²) < 4.78 is 0. The Bertz CT molecular complexity index is 223. The molecule has 0 aliphatic heterocycles. The third-order valence-electron chi connectivity index (χ3n) is 2.05. The smallest absolute Gasteiger partial charge is 0.0378 e. The van der Waals surface area contributed by atoms with Crippen molar-refractivity contribution in [1.29, 1.82) is 0 Å². The summed E-state index contributed by atoms with van der Waals surface area (Å²) in [5.41, 5.74) is 9.42. The number of rotatable bonds is 2. The Morgan fingerprint density at radius 2 is 1.50 bits per heavy atom. The van der Waals surface area contributed by atoms with Gasteiger partial charge in [-0.3, -0.25) is 0 Å². The first-order valence-electron chi connectivity index (χ1n) is 4.15. The summed E-state index contributed by atoms with van der Waals surface area (Å²) in [5, 5.41) is 0. The van der Waals surface area contributed by atoms with E-state index in [9.17, 15) is 0 Å². The van der Waals surface area contributed by atoms with Crippen molar-refractivity contribution in [2.75, 3.05) is 5.73 Å². The van der Waals surface area contributed by atoms with E-state index in [4.69, 9.17) is 5.73 Å². The molecule has 2 heteroatoms. The Morgan fingerprint density at radius 3 is 1.83 bits per heavy atom. The molecule has 0 fully saturated rings. The number of hydrogen-bond acceptors (Lipinski definition) is 1. The van der Waals surface area contributed by atoms with E-state index in [1.807, 2.05) is 0 Å². The van der Waals surface area contributed by atoms with Crippen molar-refractivity contribution in [2.45, 2.75) is 26.7 Å². The molecular formula is C10H15NZn. The number of para-hydroxylation sites is 1. The van der Waals surface area contributed by atoms with E-state index in [2.05, 4.69) is 32.0 Å². The maximum Gasteiger partial charge on any atom is 0.0378 e. The quantitative estimate of drug-likeness (QED) is 0.594. The van der Waals surface area contributed by atoms with Crippen LogP contribution in [0.4, 0.5) is 5.69 Å². The Hall–Kier alpha value is -0.357. The standard InChI is InChI=1S/C10H15N.Zn/c1-3-8-6-5-7-9(4-2)10(8)11;/h5-7H,3-4,11H2,1-2H3;. The molecular weight excluding hydrogens is 200 g/mol. The van der Waals surface area contributed by atoms with Crippen molar-refractivity contribution in [3.8, 4) is 0 Å². The molecule has 0 atom stereocenters. The van der Waals surface area contributed by atoms with Crippen LogP contribution in [0.25, 0.3) is 0 Å². The van der Waals surface area contributed by atoms with Crippen molar-refractivity contribution in [3.63, 3.8) is 0 Å². The van der Waals surface area contributed by atoms with Crippen LogP contribution >= 0.6 is 0 Å². The molecule has 0 aliphatic rings. The molecule has 0 amide bonds. The minimum absolute atomic E-state index is 0. The van der Waals surface area contributed by atoms with Gasteiger partial charge in [0.25, 0.3) is 0 Å². The molecule has 0 saturated heterocycles. The number of anilines is 1. The predicted molar refractivity (Wildman–Crippen MR) is 49.6 cm³/mol. The zero-order chi connectivity index (χ0) is 8.27. The molecule has 1 aromatic carbocycles. The fourth-order valence-electron chi connectivity index (χ4n) is 1.28. The molecule has 1 nitrogen and oxygen atoms in total. The fourth-order valence-corrected chi connectivity index (χ4v) is 1.28. The summed E-state index contributed by atoms with van der Waals surface area (Å²) in [7, 11) is 0. The molecule has 12 heavy (non-hydrogen) atoms. The molecule has 0 heterocycles. The monoisotopic (exact) mass is 213 g/mol. The molecule has 0 unspecified atom stereocenters. The van der Waals surface area contributed by atoms with Crippen molar-refractivity contribution in [3.05, 3.63) is 29.3 Å². The maximum atomic E-state index is 5.90. The average molecular weight is 215 g/mol. The van der Waals surface area contributed by atoms with Crippen LogP contribution in [0.1, 0.15) is 25.0 Å². The van der Waals surface area contributed by atoms with E-state index in [1.165, 1.54) is 11.1 Å². The first kappa shape index (κ1) is 11.6. The first-order valence-corrected chi connectivity index (χ1v) is 4.15. The molecule has 0 radical (unpaired) electrons. The van der Waals surface area contributed by atoms with Crippen LogP contribution in [0.3, 0.4) is 0 Å². The zero-order valence-electron chi connectivity index (χ0n) is 7.93. The number of benzene rings is 1. The zero-order valence-corrected chi connectivity index (χ0v) is 10.9. The van der Waals surface area contributed by atoms with Gasteiger partial charge in [0.05, 0.1) is 0 Å². The molecule has 0 bridgehead atoms. The van der Waals surface area contributed by atoms with Gasteiger partial charge >= 0.3 is 0 Å². The normalized spacial score (nSPS) is 9.17. The van der Waals surface area contributed by atoms with Gasteiger partial charge in [-0.2, -0.15) is 0 Å². The Balaban J connectivity index is 0.00000121. The van der Waals surface area contributed by atoms with Gasteiger partial charge in [-0.1, -0.05) is 32.0 Å². The van der Waals surface area contributed by atoms with Gasteiger partial charge in [-0.15, -0.1) is 0 Å². The molecule has 0 spiro atoms. The number of nitrogen functional groups attached to an aromatic ring is 1. The van der Waals surface area contributed by atoms with E-state index < -0.39 is 0 Å². The Labute approximate surface area is 87.1 Å². The second kappa shape index (κ2) is 5.32. The summed E-state index contributed by atoms with van der Waals surface area (Å²) >= 11 is 0. The Morgan fingerprint density at radius 1 is 1.08 bits per heavy atom. The molecule has 0 aliphatic carbocycles. The largest absolute Gasteiger partial charge is 0.398 e. The van der Waals surface area contributed by atoms with Crippen molar-refractivity contribution < 1.29 is 19.5 Å². The summed E-state index contributed by atoms with van der Waals surface area (Å²) in [6.07, 6.45) is 2.05. The van der Waals surface area contributed by atoms with E-state index in [0.717, 1.165) is 18.5 Å². The van der Waals surface area contributed by atoms with Crippen molar-refractivity contribution in [1.82, 2.24) is 0 Å². The van der Waals surface area contributed by atoms with Crippen LogP contribution < -0.4 is 5.73 Å². The van der Waals surface area contributed by atoms with Crippen LogP contribution in [0.2, 0.25) is 0 Å². The number of hydrogen-bond donors (Lipinski definition) is 1. The second-order valence-electron chi connectivity index (χ2n) is 2.70. The Kier molecular flexibility index (Phi) is 5.16. The van der Waals surface area contributed by atoms with Crippen LogP contribution in [0.15, 0.2) is 18.2 Å². The molecule has 0 aromatic heterocycles. The van der Waals surface area contributed by atoms with E-state index >= 15 is 0 Å². The molecule has 0 saturated carbocycles. The van der Waals surface area contributed by atoms with Crippen molar-refractivity contribution >= 4 is 5.69 Å². The van der Waals surface area contributed by atoms with Crippen LogP contribution in [0, 0.1) is 0 Å². The van der Waals surface area contributed by atoms with Gasteiger partial charge in [0.1, 0.15) is 0 Å². The van der Waals surface area contributed by atoms with Crippen LogP contribution in [-0.4, -0.2) is 0 Å². The van der Waals surface area contributed by atoms with Gasteiger partial charge in [-0.25, -0.2) is 0 Å². The predicted octanol–water partition coefficient (Wildman–Crippen LogP) is 2.39. The summed E-state index contributed by atoms with van der Waals surface area (Å²) in [5.74, 6) is 0. The second-order valence-corrected chi connectivity index (χ2v) is 2.70. The van der Waals surface area contributed by atoms with E-state index in [1.54, 1.807) is 0 Å². The van der Waals surface area contributed by atoms with Gasteiger partial charge in [-0.05, 0) is 24.0 Å². The van der Waals surface area contributed by atoms with Crippen molar-refractivity contribution in [2.24, 2.45) is 0 Å². The molecule has 62 valence electrons. The van der Waals surface area contributed by atoms with Gasteiger partial charge < -0.3 is 5.73 Å². The van der Waals surface area contributed by atoms with Gasteiger partial charge in [0.2, 0.25) is 0 Å². The first-order chi connectivity index (χ1) is 5.29. The van der Waals surface area contributed by atoms with Crippen LogP contribution in [0.5, 0.6) is 0 Å². The maximum absolute atomic E-state index is 5.90. The van der Waals surface area contributed by atoms with E-state index in [-0.39, 0.29) is 19.5 Å². The average Bonchev–Trinajstić information content (AvgIpc) is 2.05. The van der Waals surface area contributed by atoms with Crippen LogP contribution in [-0.2, 0) is 32.3 Å². The van der Waals surface area contributed by atoms with E-state index in [0.29, 0.717) is 0 Å². The topological polar surface area (TPSA) is 26.0 Å². The number of nitrogens with two attached hydrogens (primary N) is 1. The third-order valence-corrected chi connectivity index (χ3v) is 2.05. The summed E-state index contributed by atoms with van der Waals surface area (Å²) in [4.78, 5) is 0. The fraction of sp³-hybridized carbons (Fsp3) is 0.400. The summed E-state index contributed by atoms with van der Waals surface area (Å²) in [6, 6.07) is 6.26. The number of aryl methyl sites for hydroxylation is 2. The minimum Gasteiger partial charge on any atom is -0.398 e. The molecule has 1 aromatic rings. The van der Waals surface area contributed by atoms with Gasteiger partial charge in [0.15, 0.2) is 0 Å². The summed E-state index contributed by atoms with van der Waals surface area (Å²) in [6.45, 7) is 4.26. The molecule has 2 N–H and O–H groups in total. The minimum atomic E-state index is 0. The SMILES string of the molecule is CCc1cccc(CC)c1N.[Zn]. The molecule has 1 rings (SSSR count).